The van der Waals surface area contributed by atoms with E-state index in [1.807, 2.05) is 20.1 Å². The second kappa shape index (κ2) is 7.78. The fraction of sp³-hybridized carbons (Fsp3) is 0.636. The van der Waals surface area contributed by atoms with Crippen LogP contribution in [0.1, 0.15) is 26.7 Å². The molecule has 1 aromatic rings. The highest BCUT2D eigenvalue weighted by molar-refractivity contribution is 7.98. The summed E-state index contributed by atoms with van der Waals surface area (Å²) >= 11 is 1.36. The van der Waals surface area contributed by atoms with Gasteiger partial charge in [-0.1, -0.05) is 25.6 Å². The van der Waals surface area contributed by atoms with Crippen molar-refractivity contribution >= 4 is 29.1 Å². The minimum Gasteiger partial charge on any atom is -0.364 e. The Balaban J connectivity index is 3.20. The SMILES string of the molecule is CCCNc1nc(SC)nc(NCCC)c1[N+](=O)[O-]. The van der Waals surface area contributed by atoms with Gasteiger partial charge in [-0.3, -0.25) is 10.1 Å². The molecule has 0 amide bonds. The van der Waals surface area contributed by atoms with Crippen LogP contribution in [0.2, 0.25) is 0 Å². The molecule has 7 nitrogen and oxygen atoms in total. The van der Waals surface area contributed by atoms with Crippen LogP contribution in [-0.4, -0.2) is 34.2 Å². The maximum Gasteiger partial charge on any atom is 0.353 e. The maximum atomic E-state index is 11.2. The lowest BCUT2D eigenvalue weighted by Gasteiger charge is -2.10. The molecular formula is C11H19N5O2S. The Labute approximate surface area is 116 Å². The number of rotatable bonds is 8. The topological polar surface area (TPSA) is 93.0 Å². The van der Waals surface area contributed by atoms with E-state index in [0.717, 1.165) is 12.8 Å². The van der Waals surface area contributed by atoms with Crippen molar-refractivity contribution < 1.29 is 4.92 Å². The number of nitro groups is 1. The molecule has 0 atom stereocenters. The first kappa shape index (κ1) is 15.5. The van der Waals surface area contributed by atoms with Crippen molar-refractivity contribution in [3.05, 3.63) is 10.1 Å². The number of hydrogen-bond acceptors (Lipinski definition) is 7. The average molecular weight is 285 g/mol. The highest BCUT2D eigenvalue weighted by Crippen LogP contribution is 2.31. The number of thioether (sulfide) groups is 1. The van der Waals surface area contributed by atoms with E-state index in [0.29, 0.717) is 18.2 Å². The van der Waals surface area contributed by atoms with Crippen molar-refractivity contribution in [1.29, 1.82) is 0 Å². The Morgan fingerprint density at radius 2 is 1.63 bits per heavy atom. The summed E-state index contributed by atoms with van der Waals surface area (Å²) in [5.74, 6) is 0.564. The van der Waals surface area contributed by atoms with Gasteiger partial charge in [0.1, 0.15) is 0 Å². The predicted octanol–water partition coefficient (Wildman–Crippen LogP) is 2.75. The van der Waals surface area contributed by atoms with Crippen LogP contribution in [0.4, 0.5) is 17.3 Å². The number of anilines is 2. The van der Waals surface area contributed by atoms with Crippen LogP contribution in [0.5, 0.6) is 0 Å². The lowest BCUT2D eigenvalue weighted by molar-refractivity contribution is -0.383. The molecule has 0 aliphatic heterocycles. The van der Waals surface area contributed by atoms with Gasteiger partial charge in [-0.15, -0.1) is 0 Å². The summed E-state index contributed by atoms with van der Waals surface area (Å²) in [6.45, 7) is 5.26. The van der Waals surface area contributed by atoms with Crippen molar-refractivity contribution in [2.24, 2.45) is 0 Å². The summed E-state index contributed by atoms with van der Waals surface area (Å²) in [5.41, 5.74) is -0.0836. The summed E-state index contributed by atoms with van der Waals surface area (Å²) in [6, 6.07) is 0. The molecule has 2 N–H and O–H groups in total. The van der Waals surface area contributed by atoms with Gasteiger partial charge in [0.15, 0.2) is 5.16 Å². The van der Waals surface area contributed by atoms with Crippen LogP contribution in [-0.2, 0) is 0 Å². The first-order valence-electron chi connectivity index (χ1n) is 6.22. The molecule has 0 aliphatic carbocycles. The quantitative estimate of drug-likeness (QED) is 0.328. The molecule has 0 fully saturated rings. The number of nitrogens with one attached hydrogen (secondary N) is 2. The lowest BCUT2D eigenvalue weighted by atomic mass is 10.4. The minimum atomic E-state index is -0.444. The van der Waals surface area contributed by atoms with E-state index in [1.165, 1.54) is 11.8 Å². The van der Waals surface area contributed by atoms with E-state index >= 15 is 0 Å². The molecule has 0 saturated heterocycles. The van der Waals surface area contributed by atoms with Gasteiger partial charge in [0, 0.05) is 13.1 Å². The van der Waals surface area contributed by atoms with E-state index < -0.39 is 4.92 Å². The molecule has 1 aromatic heterocycles. The Morgan fingerprint density at radius 3 is 1.95 bits per heavy atom. The van der Waals surface area contributed by atoms with Crippen molar-refractivity contribution in [3.8, 4) is 0 Å². The van der Waals surface area contributed by atoms with Crippen LogP contribution in [0.25, 0.3) is 0 Å². The molecule has 0 saturated carbocycles. The first-order chi connectivity index (χ1) is 9.13. The van der Waals surface area contributed by atoms with Crippen LogP contribution < -0.4 is 10.6 Å². The van der Waals surface area contributed by atoms with Gasteiger partial charge in [-0.2, -0.15) is 9.97 Å². The fourth-order valence-electron chi connectivity index (χ4n) is 1.43. The molecule has 0 unspecified atom stereocenters. The van der Waals surface area contributed by atoms with Crippen molar-refractivity contribution in [2.45, 2.75) is 31.8 Å². The summed E-state index contributed by atoms with van der Waals surface area (Å²) in [7, 11) is 0. The molecular weight excluding hydrogens is 266 g/mol. The van der Waals surface area contributed by atoms with Gasteiger partial charge in [-0.25, -0.2) is 0 Å². The molecule has 0 aliphatic rings. The summed E-state index contributed by atoms with van der Waals surface area (Å²) in [4.78, 5) is 19.1. The Bertz CT molecular complexity index is 412. The van der Waals surface area contributed by atoms with Crippen LogP contribution >= 0.6 is 11.8 Å². The third-order valence-corrected chi connectivity index (χ3v) is 2.86. The van der Waals surface area contributed by atoms with E-state index in [9.17, 15) is 10.1 Å². The van der Waals surface area contributed by atoms with E-state index in [-0.39, 0.29) is 17.3 Å². The summed E-state index contributed by atoms with van der Waals surface area (Å²) in [5, 5.41) is 17.7. The van der Waals surface area contributed by atoms with Crippen LogP contribution in [0.15, 0.2) is 5.16 Å². The van der Waals surface area contributed by atoms with Crippen molar-refractivity contribution in [1.82, 2.24) is 9.97 Å². The van der Waals surface area contributed by atoms with Crippen molar-refractivity contribution in [3.63, 3.8) is 0 Å². The zero-order valence-electron chi connectivity index (χ0n) is 11.4. The highest BCUT2D eigenvalue weighted by Gasteiger charge is 2.24. The van der Waals surface area contributed by atoms with Gasteiger partial charge >= 0.3 is 5.69 Å². The maximum absolute atomic E-state index is 11.2. The second-order valence-electron chi connectivity index (χ2n) is 3.87. The first-order valence-corrected chi connectivity index (χ1v) is 7.44. The minimum absolute atomic E-state index is 0.0836. The zero-order valence-corrected chi connectivity index (χ0v) is 12.2. The smallest absolute Gasteiger partial charge is 0.353 e. The molecule has 8 heteroatoms. The summed E-state index contributed by atoms with van der Waals surface area (Å²) in [6.07, 6.45) is 3.58. The molecule has 1 rings (SSSR count). The third-order valence-electron chi connectivity index (χ3n) is 2.31. The third kappa shape index (κ3) is 4.23. The van der Waals surface area contributed by atoms with Gasteiger partial charge in [-0.05, 0) is 19.1 Å². The Hall–Kier alpha value is -1.57. The zero-order chi connectivity index (χ0) is 14.3. The normalized spacial score (nSPS) is 10.3. The number of nitrogens with zero attached hydrogens (tertiary/aromatic N) is 3. The number of aromatic nitrogens is 2. The van der Waals surface area contributed by atoms with E-state index in [4.69, 9.17) is 0 Å². The van der Waals surface area contributed by atoms with Crippen LogP contribution in [0.3, 0.4) is 0 Å². The van der Waals surface area contributed by atoms with Crippen LogP contribution in [0, 0.1) is 10.1 Å². The largest absolute Gasteiger partial charge is 0.364 e. The Kier molecular flexibility index (Phi) is 6.34. The monoisotopic (exact) mass is 285 g/mol. The molecule has 19 heavy (non-hydrogen) atoms. The van der Waals surface area contributed by atoms with Gasteiger partial charge in [0.05, 0.1) is 4.92 Å². The second-order valence-corrected chi connectivity index (χ2v) is 4.64. The van der Waals surface area contributed by atoms with Gasteiger partial charge in [0.25, 0.3) is 0 Å². The summed E-state index contributed by atoms with van der Waals surface area (Å²) < 4.78 is 0. The van der Waals surface area contributed by atoms with Gasteiger partial charge in [0.2, 0.25) is 11.6 Å². The fourth-order valence-corrected chi connectivity index (χ4v) is 1.80. The molecule has 106 valence electrons. The number of hydrogen-bond donors (Lipinski definition) is 2. The molecule has 1 heterocycles. The van der Waals surface area contributed by atoms with E-state index in [1.54, 1.807) is 0 Å². The highest BCUT2D eigenvalue weighted by atomic mass is 32.2. The lowest BCUT2D eigenvalue weighted by Crippen LogP contribution is -2.12. The average Bonchev–Trinajstić information content (AvgIpc) is 2.41. The van der Waals surface area contributed by atoms with Crippen molar-refractivity contribution in [2.75, 3.05) is 30.0 Å². The van der Waals surface area contributed by atoms with E-state index in [2.05, 4.69) is 20.6 Å². The molecule has 0 spiro atoms. The standard InChI is InChI=1S/C11H19N5O2S/c1-4-6-12-9-8(16(17)18)10(13-7-5-2)15-11(14-9)19-3/h4-7H2,1-3H3,(H2,12,13,14,15). The predicted molar refractivity (Wildman–Crippen MR) is 78.0 cm³/mol. The van der Waals surface area contributed by atoms with Gasteiger partial charge < -0.3 is 10.6 Å². The molecule has 0 bridgehead atoms. The molecule has 0 radical (unpaired) electrons. The Morgan fingerprint density at radius 1 is 1.16 bits per heavy atom. The molecule has 0 aromatic carbocycles.